The van der Waals surface area contributed by atoms with Gasteiger partial charge in [0.1, 0.15) is 5.82 Å². The van der Waals surface area contributed by atoms with Gasteiger partial charge < -0.3 is 9.73 Å². The van der Waals surface area contributed by atoms with E-state index in [4.69, 9.17) is 4.42 Å². The molecule has 0 aliphatic rings. The van der Waals surface area contributed by atoms with Crippen molar-refractivity contribution in [1.82, 2.24) is 15.5 Å². The van der Waals surface area contributed by atoms with Crippen LogP contribution in [0.25, 0.3) is 11.5 Å². The molecular weight excluding hydrogens is 305 g/mol. The molecule has 2 rings (SSSR count). The summed E-state index contributed by atoms with van der Waals surface area (Å²) in [5.74, 6) is 0.125. The maximum absolute atomic E-state index is 13.6. The Morgan fingerprint density at radius 2 is 2.05 bits per heavy atom. The van der Waals surface area contributed by atoms with Crippen LogP contribution >= 0.6 is 11.8 Å². The molecule has 118 valence electrons. The van der Waals surface area contributed by atoms with E-state index >= 15 is 0 Å². The lowest BCUT2D eigenvalue weighted by atomic mass is 10.1. The normalized spacial score (nSPS) is 12.4. The maximum Gasteiger partial charge on any atom is 0.277 e. The lowest BCUT2D eigenvalue weighted by molar-refractivity contribution is -0.119. The molecule has 0 saturated heterocycles. The summed E-state index contributed by atoms with van der Waals surface area (Å²) in [5, 5.41) is 10.8. The van der Waals surface area contributed by atoms with Crippen LogP contribution in [0.1, 0.15) is 20.8 Å². The standard InChI is InChI=1S/C15H18FN3O2S/c1-9(2)10(3)17-13(20)8-22-15-19-18-14(21-15)11-6-4-5-7-12(11)16/h4-7,9-10H,8H2,1-3H3,(H,17,20)/t10-/m0/s1. The van der Waals surface area contributed by atoms with Gasteiger partial charge in [-0.05, 0) is 25.0 Å². The lowest BCUT2D eigenvalue weighted by Crippen LogP contribution is -2.37. The van der Waals surface area contributed by atoms with E-state index in [9.17, 15) is 9.18 Å². The predicted octanol–water partition coefficient (Wildman–Crippen LogP) is 3.13. The fraction of sp³-hybridized carbons (Fsp3) is 0.400. The van der Waals surface area contributed by atoms with E-state index in [2.05, 4.69) is 15.5 Å². The zero-order valence-electron chi connectivity index (χ0n) is 12.7. The third-order valence-corrected chi connectivity index (χ3v) is 4.04. The van der Waals surface area contributed by atoms with E-state index in [1.54, 1.807) is 18.2 Å². The monoisotopic (exact) mass is 323 g/mol. The number of hydrogen-bond acceptors (Lipinski definition) is 5. The van der Waals surface area contributed by atoms with Crippen molar-refractivity contribution in [3.8, 4) is 11.5 Å². The Morgan fingerprint density at radius 3 is 2.73 bits per heavy atom. The SMILES string of the molecule is CC(C)[C@H](C)NC(=O)CSc1nnc(-c2ccccc2F)o1. The summed E-state index contributed by atoms with van der Waals surface area (Å²) in [6.07, 6.45) is 0. The molecule has 22 heavy (non-hydrogen) atoms. The summed E-state index contributed by atoms with van der Waals surface area (Å²) in [6, 6.07) is 6.27. The highest BCUT2D eigenvalue weighted by molar-refractivity contribution is 7.99. The molecule has 0 saturated carbocycles. The smallest absolute Gasteiger partial charge is 0.277 e. The van der Waals surface area contributed by atoms with Crippen molar-refractivity contribution in [2.24, 2.45) is 5.92 Å². The first kappa shape index (κ1) is 16.5. The first-order valence-electron chi connectivity index (χ1n) is 6.98. The number of halogens is 1. The second kappa shape index (κ2) is 7.40. The third-order valence-electron chi connectivity index (χ3n) is 3.23. The number of nitrogens with zero attached hydrogens (tertiary/aromatic N) is 2. The van der Waals surface area contributed by atoms with E-state index in [1.165, 1.54) is 6.07 Å². The molecule has 0 aliphatic heterocycles. The van der Waals surface area contributed by atoms with Crippen LogP contribution < -0.4 is 5.32 Å². The number of aromatic nitrogens is 2. The summed E-state index contributed by atoms with van der Waals surface area (Å²) in [5.41, 5.74) is 0.250. The highest BCUT2D eigenvalue weighted by Crippen LogP contribution is 2.24. The molecule has 0 fully saturated rings. The van der Waals surface area contributed by atoms with Crippen molar-refractivity contribution in [2.75, 3.05) is 5.75 Å². The fourth-order valence-electron chi connectivity index (χ4n) is 1.60. The van der Waals surface area contributed by atoms with Crippen molar-refractivity contribution >= 4 is 17.7 Å². The average Bonchev–Trinajstić information content (AvgIpc) is 2.94. The molecule has 1 heterocycles. The minimum absolute atomic E-state index is 0.100. The Kier molecular flexibility index (Phi) is 5.54. The Morgan fingerprint density at radius 1 is 1.32 bits per heavy atom. The quantitative estimate of drug-likeness (QED) is 0.827. The van der Waals surface area contributed by atoms with Gasteiger partial charge in [-0.3, -0.25) is 4.79 Å². The second-order valence-electron chi connectivity index (χ2n) is 5.24. The number of hydrogen-bond donors (Lipinski definition) is 1. The van der Waals surface area contributed by atoms with Crippen LogP contribution in [-0.4, -0.2) is 27.9 Å². The average molecular weight is 323 g/mol. The zero-order chi connectivity index (χ0) is 16.1. The van der Waals surface area contributed by atoms with Crippen molar-refractivity contribution in [1.29, 1.82) is 0 Å². The van der Waals surface area contributed by atoms with Crippen LogP contribution in [0.5, 0.6) is 0 Å². The fourth-order valence-corrected chi connectivity index (χ4v) is 2.18. The van der Waals surface area contributed by atoms with Gasteiger partial charge >= 0.3 is 0 Å². The molecule has 0 bridgehead atoms. The summed E-state index contributed by atoms with van der Waals surface area (Å²) in [7, 11) is 0. The van der Waals surface area contributed by atoms with Crippen LogP contribution in [0, 0.1) is 11.7 Å². The Labute approximate surface area is 132 Å². The Hall–Kier alpha value is -1.89. The minimum Gasteiger partial charge on any atom is -0.411 e. The van der Waals surface area contributed by atoms with Crippen molar-refractivity contribution in [3.05, 3.63) is 30.1 Å². The topological polar surface area (TPSA) is 68.0 Å². The van der Waals surface area contributed by atoms with Crippen molar-refractivity contribution in [3.63, 3.8) is 0 Å². The summed E-state index contributed by atoms with van der Waals surface area (Å²) in [4.78, 5) is 11.8. The van der Waals surface area contributed by atoms with Crippen LogP contribution in [0.3, 0.4) is 0 Å². The molecule has 0 aliphatic carbocycles. The van der Waals surface area contributed by atoms with E-state index in [1.807, 2.05) is 20.8 Å². The first-order valence-corrected chi connectivity index (χ1v) is 7.96. The molecule has 0 radical (unpaired) electrons. The number of thioether (sulfide) groups is 1. The van der Waals surface area contributed by atoms with Crippen molar-refractivity contribution in [2.45, 2.75) is 32.0 Å². The summed E-state index contributed by atoms with van der Waals surface area (Å²) >= 11 is 1.13. The molecule has 2 aromatic rings. The zero-order valence-corrected chi connectivity index (χ0v) is 13.5. The molecule has 1 atom stereocenters. The van der Waals surface area contributed by atoms with Crippen molar-refractivity contribution < 1.29 is 13.6 Å². The van der Waals surface area contributed by atoms with E-state index < -0.39 is 5.82 Å². The van der Waals surface area contributed by atoms with Gasteiger partial charge in [-0.25, -0.2) is 4.39 Å². The molecule has 7 heteroatoms. The third kappa shape index (κ3) is 4.30. The largest absolute Gasteiger partial charge is 0.411 e. The highest BCUT2D eigenvalue weighted by atomic mass is 32.2. The van der Waals surface area contributed by atoms with Crippen LogP contribution in [0.2, 0.25) is 0 Å². The van der Waals surface area contributed by atoms with E-state index in [0.717, 1.165) is 11.8 Å². The van der Waals surface area contributed by atoms with Crippen LogP contribution in [-0.2, 0) is 4.79 Å². The molecule has 0 unspecified atom stereocenters. The molecular formula is C15H18FN3O2S. The van der Waals surface area contributed by atoms with Crippen LogP contribution in [0.4, 0.5) is 4.39 Å². The van der Waals surface area contributed by atoms with Gasteiger partial charge in [0.05, 0.1) is 11.3 Å². The van der Waals surface area contributed by atoms with Gasteiger partial charge in [0, 0.05) is 6.04 Å². The van der Waals surface area contributed by atoms with Gasteiger partial charge in [-0.2, -0.15) is 0 Å². The number of rotatable bonds is 6. The number of carbonyl (C=O) groups excluding carboxylic acids is 1. The summed E-state index contributed by atoms with van der Waals surface area (Å²) in [6.45, 7) is 6.03. The van der Waals surface area contributed by atoms with Gasteiger partial charge in [-0.1, -0.05) is 37.7 Å². The molecule has 0 spiro atoms. The van der Waals surface area contributed by atoms with Gasteiger partial charge in [0.15, 0.2) is 0 Å². The predicted molar refractivity (Wildman–Crippen MR) is 82.9 cm³/mol. The molecule has 5 nitrogen and oxygen atoms in total. The number of nitrogens with one attached hydrogen (secondary N) is 1. The second-order valence-corrected chi connectivity index (χ2v) is 6.17. The lowest BCUT2D eigenvalue weighted by Gasteiger charge is -2.16. The Bertz CT molecular complexity index is 645. The van der Waals surface area contributed by atoms with Gasteiger partial charge in [-0.15, -0.1) is 10.2 Å². The molecule has 1 N–H and O–H groups in total. The molecule has 1 aromatic carbocycles. The van der Waals surface area contributed by atoms with E-state index in [-0.39, 0.29) is 34.4 Å². The Balaban J connectivity index is 1.93. The first-order chi connectivity index (χ1) is 10.5. The minimum atomic E-state index is -0.425. The summed E-state index contributed by atoms with van der Waals surface area (Å²) < 4.78 is 19.0. The van der Waals surface area contributed by atoms with E-state index in [0.29, 0.717) is 5.92 Å². The molecule has 1 aromatic heterocycles. The van der Waals surface area contributed by atoms with Gasteiger partial charge in [0.2, 0.25) is 5.91 Å². The number of benzene rings is 1. The highest BCUT2D eigenvalue weighted by Gasteiger charge is 2.15. The maximum atomic E-state index is 13.6. The number of amides is 1. The van der Waals surface area contributed by atoms with Crippen LogP contribution in [0.15, 0.2) is 33.9 Å². The number of carbonyl (C=O) groups is 1. The van der Waals surface area contributed by atoms with Gasteiger partial charge in [0.25, 0.3) is 11.1 Å². The molecule has 1 amide bonds.